The van der Waals surface area contributed by atoms with E-state index >= 15 is 0 Å². The molecule has 5 heteroatoms. The van der Waals surface area contributed by atoms with Crippen LogP contribution < -0.4 is 5.32 Å². The van der Waals surface area contributed by atoms with Crippen molar-refractivity contribution >= 4 is 0 Å². The summed E-state index contributed by atoms with van der Waals surface area (Å²) in [5, 5.41) is 7.64. The van der Waals surface area contributed by atoms with Crippen LogP contribution >= 0.6 is 0 Å². The Hall–Kier alpha value is -0.940. The third-order valence-corrected chi connectivity index (χ3v) is 4.87. The van der Waals surface area contributed by atoms with E-state index in [9.17, 15) is 0 Å². The Morgan fingerprint density at radius 3 is 3.17 bits per heavy atom. The molecule has 1 aliphatic carbocycles. The first-order valence-corrected chi connectivity index (χ1v) is 7.05. The topological polar surface area (TPSA) is 60.2 Å². The summed E-state index contributed by atoms with van der Waals surface area (Å²) in [6, 6.07) is 0. The van der Waals surface area contributed by atoms with E-state index < -0.39 is 0 Å². The van der Waals surface area contributed by atoms with Crippen LogP contribution in [0.1, 0.15) is 49.9 Å². The van der Waals surface area contributed by atoms with Crippen molar-refractivity contribution in [2.75, 3.05) is 19.7 Å². The number of hydrogen-bond donors (Lipinski definition) is 1. The molecule has 1 N–H and O–H groups in total. The zero-order chi connectivity index (χ0) is 12.0. The molecule has 0 aromatic carbocycles. The van der Waals surface area contributed by atoms with Gasteiger partial charge in [0.2, 0.25) is 11.7 Å². The number of aromatic nitrogens is 2. The molecule has 4 rings (SSSR count). The molecule has 3 aliphatic rings. The maximum Gasteiger partial charge on any atom is 0.234 e. The van der Waals surface area contributed by atoms with Crippen molar-refractivity contribution in [1.29, 1.82) is 0 Å². The van der Waals surface area contributed by atoms with Crippen molar-refractivity contribution in [3.05, 3.63) is 11.7 Å². The summed E-state index contributed by atoms with van der Waals surface area (Å²) in [5.74, 6) is 2.28. The second-order valence-corrected chi connectivity index (χ2v) is 5.84. The van der Waals surface area contributed by atoms with Gasteiger partial charge in [-0.25, -0.2) is 0 Å². The Balaban J connectivity index is 1.64. The lowest BCUT2D eigenvalue weighted by atomic mass is 9.80. The third kappa shape index (κ3) is 1.47. The van der Waals surface area contributed by atoms with Crippen LogP contribution in [0.5, 0.6) is 0 Å². The molecule has 2 saturated heterocycles. The lowest BCUT2D eigenvalue weighted by Crippen LogP contribution is -2.31. The lowest BCUT2D eigenvalue weighted by molar-refractivity contribution is 0.103. The predicted octanol–water partition coefficient (Wildman–Crippen LogP) is 1.56. The molecule has 0 radical (unpaired) electrons. The molecule has 0 bridgehead atoms. The van der Waals surface area contributed by atoms with Gasteiger partial charge in [0.05, 0.1) is 5.41 Å². The SMILES string of the molecule is C1COC(c2noc([C@@]34CCC[C@@H]3CNC4)n2)C1. The van der Waals surface area contributed by atoms with Crippen LogP contribution in [0.3, 0.4) is 0 Å². The first-order chi connectivity index (χ1) is 8.88. The number of fused-ring (bicyclic) bond motifs is 1. The highest BCUT2D eigenvalue weighted by molar-refractivity contribution is 5.17. The van der Waals surface area contributed by atoms with Gasteiger partial charge in [-0.3, -0.25) is 0 Å². The fraction of sp³-hybridized carbons (Fsp3) is 0.846. The van der Waals surface area contributed by atoms with Gasteiger partial charge in [0.25, 0.3) is 0 Å². The number of nitrogens with one attached hydrogen (secondary N) is 1. The van der Waals surface area contributed by atoms with Crippen LogP contribution in [0.2, 0.25) is 0 Å². The summed E-state index contributed by atoms with van der Waals surface area (Å²) in [5.41, 5.74) is 0.115. The van der Waals surface area contributed by atoms with Crippen LogP contribution in [0.25, 0.3) is 0 Å². The average molecular weight is 249 g/mol. The fourth-order valence-electron chi connectivity index (χ4n) is 3.85. The summed E-state index contributed by atoms with van der Waals surface area (Å²) < 4.78 is 11.2. The van der Waals surface area contributed by atoms with Crippen molar-refractivity contribution in [3.8, 4) is 0 Å². The highest BCUT2D eigenvalue weighted by Gasteiger charge is 2.51. The molecule has 2 aliphatic heterocycles. The molecule has 1 unspecified atom stereocenters. The highest BCUT2D eigenvalue weighted by Crippen LogP contribution is 2.47. The summed E-state index contributed by atoms with van der Waals surface area (Å²) in [6.07, 6.45) is 5.93. The van der Waals surface area contributed by atoms with Crippen molar-refractivity contribution in [3.63, 3.8) is 0 Å². The summed E-state index contributed by atoms with van der Waals surface area (Å²) in [6.45, 7) is 2.91. The second-order valence-electron chi connectivity index (χ2n) is 5.84. The lowest BCUT2D eigenvalue weighted by Gasteiger charge is -2.23. The van der Waals surface area contributed by atoms with Crippen molar-refractivity contribution in [2.24, 2.45) is 5.92 Å². The maximum absolute atomic E-state index is 5.62. The number of hydrogen-bond acceptors (Lipinski definition) is 5. The van der Waals surface area contributed by atoms with Crippen LogP contribution in [0.4, 0.5) is 0 Å². The zero-order valence-corrected chi connectivity index (χ0v) is 10.5. The third-order valence-electron chi connectivity index (χ3n) is 4.87. The summed E-state index contributed by atoms with van der Waals surface area (Å²) >= 11 is 0. The van der Waals surface area contributed by atoms with Crippen LogP contribution in [0, 0.1) is 5.92 Å². The normalized spacial score (nSPS) is 39.3. The number of ether oxygens (including phenoxy) is 1. The smallest absolute Gasteiger partial charge is 0.234 e. The minimum Gasteiger partial charge on any atom is -0.370 e. The highest BCUT2D eigenvalue weighted by atomic mass is 16.5. The van der Waals surface area contributed by atoms with Crippen molar-refractivity contribution < 1.29 is 9.26 Å². The molecular weight excluding hydrogens is 230 g/mol. The van der Waals surface area contributed by atoms with Crippen molar-refractivity contribution in [2.45, 2.75) is 43.6 Å². The van der Waals surface area contributed by atoms with Gasteiger partial charge in [-0.1, -0.05) is 11.6 Å². The molecule has 1 aromatic heterocycles. The summed E-state index contributed by atoms with van der Waals surface area (Å²) in [7, 11) is 0. The fourth-order valence-corrected chi connectivity index (χ4v) is 3.85. The van der Waals surface area contributed by atoms with E-state index in [-0.39, 0.29) is 11.5 Å². The standard InChI is InChI=1S/C13H19N3O2/c1-3-9-7-14-8-13(9,5-1)12-15-11(16-18-12)10-4-2-6-17-10/h9-10,14H,1-8H2/t9-,10?,13-/m1/s1. The zero-order valence-electron chi connectivity index (χ0n) is 10.5. The summed E-state index contributed by atoms with van der Waals surface area (Å²) in [4.78, 5) is 4.66. The monoisotopic (exact) mass is 249 g/mol. The van der Waals surface area contributed by atoms with E-state index in [0.29, 0.717) is 5.92 Å². The second kappa shape index (κ2) is 4.03. The molecule has 0 amide bonds. The van der Waals surface area contributed by atoms with E-state index in [4.69, 9.17) is 9.26 Å². The molecule has 1 saturated carbocycles. The molecule has 3 atom stereocenters. The Labute approximate surface area is 106 Å². The largest absolute Gasteiger partial charge is 0.370 e. The van der Waals surface area contributed by atoms with Gasteiger partial charge in [-0.2, -0.15) is 4.98 Å². The van der Waals surface area contributed by atoms with Crippen LogP contribution in [0.15, 0.2) is 4.52 Å². The quantitative estimate of drug-likeness (QED) is 0.862. The van der Waals surface area contributed by atoms with E-state index in [1.165, 1.54) is 19.3 Å². The van der Waals surface area contributed by atoms with E-state index in [0.717, 1.165) is 44.3 Å². The van der Waals surface area contributed by atoms with E-state index in [1.54, 1.807) is 0 Å². The molecule has 3 heterocycles. The molecule has 3 fully saturated rings. The Kier molecular flexibility index (Phi) is 2.45. The van der Waals surface area contributed by atoms with Crippen molar-refractivity contribution in [1.82, 2.24) is 15.5 Å². The average Bonchev–Trinajstić information content (AvgIpc) is 3.13. The van der Waals surface area contributed by atoms with Crippen LogP contribution in [-0.2, 0) is 10.2 Å². The minimum atomic E-state index is 0.0631. The van der Waals surface area contributed by atoms with Gasteiger partial charge in [0.1, 0.15) is 6.10 Å². The van der Waals surface area contributed by atoms with Gasteiger partial charge in [0.15, 0.2) is 0 Å². The Morgan fingerprint density at radius 2 is 2.28 bits per heavy atom. The first-order valence-electron chi connectivity index (χ1n) is 7.05. The van der Waals surface area contributed by atoms with Crippen LogP contribution in [-0.4, -0.2) is 29.8 Å². The molecule has 5 nitrogen and oxygen atoms in total. The predicted molar refractivity (Wildman–Crippen MR) is 64.1 cm³/mol. The van der Waals surface area contributed by atoms with Gasteiger partial charge < -0.3 is 14.6 Å². The molecule has 18 heavy (non-hydrogen) atoms. The van der Waals surface area contributed by atoms with Gasteiger partial charge in [0, 0.05) is 13.2 Å². The van der Waals surface area contributed by atoms with E-state index in [2.05, 4.69) is 15.5 Å². The maximum atomic E-state index is 5.62. The van der Waals surface area contributed by atoms with Gasteiger partial charge in [-0.15, -0.1) is 0 Å². The molecule has 98 valence electrons. The first kappa shape index (κ1) is 10.9. The molecule has 1 aromatic rings. The molecule has 0 spiro atoms. The van der Waals surface area contributed by atoms with Gasteiger partial charge in [-0.05, 0) is 38.1 Å². The Morgan fingerprint density at radius 1 is 1.28 bits per heavy atom. The van der Waals surface area contributed by atoms with Gasteiger partial charge >= 0.3 is 0 Å². The van der Waals surface area contributed by atoms with E-state index in [1.807, 2.05) is 0 Å². The number of nitrogens with zero attached hydrogens (tertiary/aromatic N) is 2. The molecular formula is C13H19N3O2. The number of rotatable bonds is 2. The Bertz CT molecular complexity index is 429. The minimum absolute atomic E-state index is 0.0631.